The highest BCUT2D eigenvalue weighted by Gasteiger charge is 2.20. The molecule has 1 aromatic rings. The number of hydrogen-bond donors (Lipinski definition) is 0. The van der Waals surface area contributed by atoms with Crippen molar-refractivity contribution in [1.82, 2.24) is 0 Å². The van der Waals surface area contributed by atoms with Crippen LogP contribution in [0.2, 0.25) is 0 Å². The topological polar surface area (TPSA) is 78.7 Å². The van der Waals surface area contributed by atoms with E-state index in [1.54, 1.807) is 0 Å². The number of ether oxygens (including phenoxy) is 2. The van der Waals surface area contributed by atoms with Gasteiger partial charge in [0.1, 0.15) is 11.3 Å². The summed E-state index contributed by atoms with van der Waals surface area (Å²) in [5, 5.41) is 10.7. The molecule has 0 heterocycles. The van der Waals surface area contributed by atoms with E-state index in [-0.39, 0.29) is 22.4 Å². The summed E-state index contributed by atoms with van der Waals surface area (Å²) in [5.41, 5.74) is -0.209. The van der Waals surface area contributed by atoms with Gasteiger partial charge in [0.15, 0.2) is 0 Å². The smallest absolute Gasteiger partial charge is 0.341 e. The van der Waals surface area contributed by atoms with E-state index in [1.807, 2.05) is 20.8 Å². The summed E-state index contributed by atoms with van der Waals surface area (Å²) in [6, 6.07) is 3.87. The zero-order chi connectivity index (χ0) is 14.6. The highest BCUT2D eigenvalue weighted by Crippen LogP contribution is 2.26. The van der Waals surface area contributed by atoms with Crippen molar-refractivity contribution in [2.75, 3.05) is 13.7 Å². The fourth-order valence-corrected chi connectivity index (χ4v) is 1.32. The van der Waals surface area contributed by atoms with Gasteiger partial charge >= 0.3 is 5.97 Å². The van der Waals surface area contributed by atoms with Crippen molar-refractivity contribution in [1.29, 1.82) is 0 Å². The summed E-state index contributed by atoms with van der Waals surface area (Å²) < 4.78 is 10.1. The average molecular weight is 267 g/mol. The number of esters is 1. The normalized spacial score (nSPS) is 10.9. The van der Waals surface area contributed by atoms with E-state index in [0.29, 0.717) is 6.61 Å². The first-order valence-electron chi connectivity index (χ1n) is 5.74. The first-order valence-corrected chi connectivity index (χ1v) is 5.74. The lowest BCUT2D eigenvalue weighted by atomic mass is 9.98. The summed E-state index contributed by atoms with van der Waals surface area (Å²) in [4.78, 5) is 21.7. The second-order valence-corrected chi connectivity index (χ2v) is 5.28. The molecule has 104 valence electrons. The number of carbonyl (C=O) groups excluding carboxylic acids is 1. The quantitative estimate of drug-likeness (QED) is 0.476. The van der Waals surface area contributed by atoms with E-state index in [0.717, 1.165) is 6.07 Å². The van der Waals surface area contributed by atoms with Gasteiger partial charge in [-0.15, -0.1) is 0 Å². The Labute approximate surface area is 111 Å². The monoisotopic (exact) mass is 267 g/mol. The van der Waals surface area contributed by atoms with Crippen LogP contribution in [0.4, 0.5) is 5.69 Å². The largest absolute Gasteiger partial charge is 0.492 e. The lowest BCUT2D eigenvalue weighted by Gasteiger charge is -2.19. The van der Waals surface area contributed by atoms with Gasteiger partial charge in [0.05, 0.1) is 18.6 Å². The van der Waals surface area contributed by atoms with E-state index in [2.05, 4.69) is 4.74 Å². The Hall–Kier alpha value is -2.11. The minimum absolute atomic E-state index is 0.0564. The zero-order valence-electron chi connectivity index (χ0n) is 11.4. The molecule has 0 bridgehead atoms. The van der Waals surface area contributed by atoms with Crippen LogP contribution < -0.4 is 4.74 Å². The van der Waals surface area contributed by atoms with Gasteiger partial charge in [0.25, 0.3) is 5.69 Å². The summed E-state index contributed by atoms with van der Waals surface area (Å²) >= 11 is 0. The Balaban J connectivity index is 3.09. The van der Waals surface area contributed by atoms with E-state index >= 15 is 0 Å². The van der Waals surface area contributed by atoms with Gasteiger partial charge in [-0.1, -0.05) is 20.8 Å². The minimum atomic E-state index is -0.660. The van der Waals surface area contributed by atoms with Gasteiger partial charge in [0.2, 0.25) is 0 Å². The summed E-state index contributed by atoms with van der Waals surface area (Å²) in [7, 11) is 1.22. The third kappa shape index (κ3) is 4.24. The molecule has 0 aliphatic rings. The molecular formula is C13H17NO5. The van der Waals surface area contributed by atoms with Crippen molar-refractivity contribution in [3.63, 3.8) is 0 Å². The van der Waals surface area contributed by atoms with Crippen LogP contribution in [0.1, 0.15) is 31.1 Å². The second-order valence-electron chi connectivity index (χ2n) is 5.28. The molecule has 0 fully saturated rings. The first kappa shape index (κ1) is 14.9. The molecule has 19 heavy (non-hydrogen) atoms. The summed E-state index contributed by atoms with van der Waals surface area (Å²) in [6.07, 6.45) is 0. The van der Waals surface area contributed by atoms with Crippen molar-refractivity contribution < 1.29 is 19.2 Å². The Morgan fingerprint density at radius 3 is 2.47 bits per heavy atom. The van der Waals surface area contributed by atoms with Crippen LogP contribution in [0, 0.1) is 15.5 Å². The van der Waals surface area contributed by atoms with Crippen molar-refractivity contribution in [3.8, 4) is 5.75 Å². The molecular weight excluding hydrogens is 250 g/mol. The SMILES string of the molecule is COC(=O)c1cc([N+](=O)[O-])ccc1OCC(C)(C)C. The van der Waals surface area contributed by atoms with Gasteiger partial charge in [0, 0.05) is 12.1 Å². The second kappa shape index (κ2) is 5.69. The van der Waals surface area contributed by atoms with Gasteiger partial charge in [-0.3, -0.25) is 10.1 Å². The lowest BCUT2D eigenvalue weighted by molar-refractivity contribution is -0.384. The van der Waals surface area contributed by atoms with E-state index < -0.39 is 10.9 Å². The molecule has 0 unspecified atom stereocenters. The van der Waals surface area contributed by atoms with Gasteiger partial charge in [-0.25, -0.2) is 4.79 Å². The van der Waals surface area contributed by atoms with Gasteiger partial charge in [-0.2, -0.15) is 0 Å². The summed E-state index contributed by atoms with van der Waals surface area (Å²) in [6.45, 7) is 6.33. The van der Waals surface area contributed by atoms with Crippen LogP contribution in [0.15, 0.2) is 18.2 Å². The molecule has 0 radical (unpaired) electrons. The molecule has 0 saturated heterocycles. The number of rotatable bonds is 4. The number of methoxy groups -OCH3 is 1. The van der Waals surface area contributed by atoms with Crippen molar-refractivity contribution in [2.24, 2.45) is 5.41 Å². The van der Waals surface area contributed by atoms with Crippen LogP contribution in [0.5, 0.6) is 5.75 Å². The fourth-order valence-electron chi connectivity index (χ4n) is 1.32. The van der Waals surface area contributed by atoms with Crippen LogP contribution >= 0.6 is 0 Å². The predicted octanol–water partition coefficient (Wildman–Crippen LogP) is 2.81. The number of non-ortho nitro benzene ring substituents is 1. The predicted molar refractivity (Wildman–Crippen MR) is 69.4 cm³/mol. The van der Waals surface area contributed by atoms with Crippen molar-refractivity contribution in [3.05, 3.63) is 33.9 Å². The molecule has 0 spiro atoms. The Bertz CT molecular complexity index is 490. The number of nitrogens with zero attached hydrogens (tertiary/aromatic N) is 1. The average Bonchev–Trinajstić information content (AvgIpc) is 2.34. The third-order valence-electron chi connectivity index (χ3n) is 2.24. The Morgan fingerprint density at radius 1 is 1.37 bits per heavy atom. The van der Waals surface area contributed by atoms with Crippen molar-refractivity contribution >= 4 is 11.7 Å². The molecule has 0 amide bonds. The van der Waals surface area contributed by atoms with Crippen LogP contribution in [0.3, 0.4) is 0 Å². The molecule has 0 aromatic heterocycles. The maximum Gasteiger partial charge on any atom is 0.341 e. The minimum Gasteiger partial charge on any atom is -0.492 e. The standard InChI is InChI=1S/C13H17NO5/c1-13(2,3)8-19-11-6-5-9(14(16)17)7-10(11)12(15)18-4/h5-7H,8H2,1-4H3. The van der Waals surface area contributed by atoms with Crippen LogP contribution in [-0.2, 0) is 4.74 Å². The zero-order valence-corrected chi connectivity index (χ0v) is 11.4. The maximum absolute atomic E-state index is 11.6. The fraction of sp³-hybridized carbons (Fsp3) is 0.462. The lowest BCUT2D eigenvalue weighted by Crippen LogP contribution is -2.18. The molecule has 0 aliphatic carbocycles. The highest BCUT2D eigenvalue weighted by atomic mass is 16.6. The first-order chi connectivity index (χ1) is 8.74. The number of nitro groups is 1. The third-order valence-corrected chi connectivity index (χ3v) is 2.24. The van der Waals surface area contributed by atoms with Crippen LogP contribution in [-0.4, -0.2) is 24.6 Å². The summed E-state index contributed by atoms with van der Waals surface area (Å²) in [5.74, 6) is -0.375. The highest BCUT2D eigenvalue weighted by molar-refractivity contribution is 5.93. The number of hydrogen-bond acceptors (Lipinski definition) is 5. The number of carbonyl (C=O) groups is 1. The molecule has 6 nitrogen and oxygen atoms in total. The van der Waals surface area contributed by atoms with E-state index in [1.165, 1.54) is 19.2 Å². The molecule has 0 N–H and O–H groups in total. The molecule has 1 aromatic carbocycles. The van der Waals surface area contributed by atoms with Crippen molar-refractivity contribution in [2.45, 2.75) is 20.8 Å². The van der Waals surface area contributed by atoms with E-state index in [9.17, 15) is 14.9 Å². The molecule has 0 aliphatic heterocycles. The molecule has 0 saturated carbocycles. The number of benzene rings is 1. The molecule has 6 heteroatoms. The van der Waals surface area contributed by atoms with E-state index in [4.69, 9.17) is 4.74 Å². The van der Waals surface area contributed by atoms with Crippen LogP contribution in [0.25, 0.3) is 0 Å². The molecule has 0 atom stereocenters. The maximum atomic E-state index is 11.6. The Kier molecular flexibility index (Phi) is 4.47. The van der Waals surface area contributed by atoms with Gasteiger partial charge in [-0.05, 0) is 11.5 Å². The molecule has 1 rings (SSSR count). The Morgan fingerprint density at radius 2 is 2.00 bits per heavy atom. The number of nitro benzene ring substituents is 1. The van der Waals surface area contributed by atoms with Gasteiger partial charge < -0.3 is 9.47 Å².